The maximum atomic E-state index is 11.1. The standard InChI is InChI=1S/C13H18N2O3/c16-13(17)12-8-4-5-9-15(12)14-18-10-11-6-2-1-3-7-11/h1-3,6-7,12,14H,4-5,8-10H2,(H,16,17)/t12-/m0/s1. The number of carbonyl (C=O) groups is 1. The molecule has 1 aromatic carbocycles. The van der Waals surface area contributed by atoms with Gasteiger partial charge in [-0.3, -0.25) is 9.63 Å². The third kappa shape index (κ3) is 3.53. The van der Waals surface area contributed by atoms with E-state index in [2.05, 4.69) is 5.59 Å². The van der Waals surface area contributed by atoms with Gasteiger partial charge in [-0.25, -0.2) is 5.01 Å². The van der Waals surface area contributed by atoms with E-state index < -0.39 is 12.0 Å². The number of carboxylic acid groups (broad SMARTS) is 1. The molecule has 1 heterocycles. The van der Waals surface area contributed by atoms with Gasteiger partial charge >= 0.3 is 5.97 Å². The molecule has 0 radical (unpaired) electrons. The molecule has 5 heteroatoms. The number of hydrogen-bond acceptors (Lipinski definition) is 4. The van der Waals surface area contributed by atoms with Crippen molar-refractivity contribution < 1.29 is 14.7 Å². The number of aliphatic carboxylic acids is 1. The third-order valence-electron chi connectivity index (χ3n) is 3.05. The molecule has 1 atom stereocenters. The molecule has 1 aromatic rings. The molecule has 18 heavy (non-hydrogen) atoms. The summed E-state index contributed by atoms with van der Waals surface area (Å²) in [6.07, 6.45) is 2.61. The van der Waals surface area contributed by atoms with E-state index in [-0.39, 0.29) is 0 Å². The SMILES string of the molecule is O=C(O)[C@@H]1CCCCN1NOCc1ccccc1. The van der Waals surface area contributed by atoms with Gasteiger partial charge in [0.1, 0.15) is 6.04 Å². The Balaban J connectivity index is 1.79. The van der Waals surface area contributed by atoms with Crippen molar-refractivity contribution in [1.29, 1.82) is 0 Å². The molecule has 0 unspecified atom stereocenters. The highest BCUT2D eigenvalue weighted by atomic mass is 16.7. The molecule has 98 valence electrons. The predicted molar refractivity (Wildman–Crippen MR) is 66.3 cm³/mol. The summed E-state index contributed by atoms with van der Waals surface area (Å²) in [5.74, 6) is -0.800. The van der Waals surface area contributed by atoms with Crippen molar-refractivity contribution in [2.75, 3.05) is 6.54 Å². The van der Waals surface area contributed by atoms with Crippen LogP contribution in [0.3, 0.4) is 0 Å². The van der Waals surface area contributed by atoms with Crippen LogP contribution in [-0.4, -0.2) is 28.7 Å². The summed E-state index contributed by atoms with van der Waals surface area (Å²) in [5.41, 5.74) is 3.80. The van der Waals surface area contributed by atoms with Crippen LogP contribution < -0.4 is 5.59 Å². The molecule has 1 fully saturated rings. The predicted octanol–water partition coefficient (Wildman–Crippen LogP) is 1.56. The van der Waals surface area contributed by atoms with Crippen molar-refractivity contribution in [1.82, 2.24) is 10.6 Å². The molecule has 1 aliphatic heterocycles. The third-order valence-corrected chi connectivity index (χ3v) is 3.05. The van der Waals surface area contributed by atoms with Gasteiger partial charge in [-0.2, -0.15) is 0 Å². The van der Waals surface area contributed by atoms with Gasteiger partial charge in [-0.15, -0.1) is 5.59 Å². The van der Waals surface area contributed by atoms with Crippen LogP contribution >= 0.6 is 0 Å². The zero-order valence-electron chi connectivity index (χ0n) is 10.2. The van der Waals surface area contributed by atoms with E-state index >= 15 is 0 Å². The average Bonchev–Trinajstić information content (AvgIpc) is 2.40. The number of hydrazine groups is 1. The van der Waals surface area contributed by atoms with Gasteiger partial charge in [-0.1, -0.05) is 30.3 Å². The molecular formula is C13H18N2O3. The average molecular weight is 250 g/mol. The Hall–Kier alpha value is -1.43. The van der Waals surface area contributed by atoms with Crippen molar-refractivity contribution >= 4 is 5.97 Å². The highest BCUT2D eigenvalue weighted by molar-refractivity contribution is 5.73. The van der Waals surface area contributed by atoms with Gasteiger partial charge in [0.25, 0.3) is 0 Å². The fourth-order valence-electron chi connectivity index (χ4n) is 2.07. The quantitative estimate of drug-likeness (QED) is 0.777. The number of nitrogens with one attached hydrogen (secondary N) is 1. The molecule has 2 N–H and O–H groups in total. The molecule has 5 nitrogen and oxygen atoms in total. The summed E-state index contributed by atoms with van der Waals surface area (Å²) in [6, 6.07) is 9.27. The van der Waals surface area contributed by atoms with Crippen molar-refractivity contribution in [2.24, 2.45) is 0 Å². The minimum absolute atomic E-state index is 0.420. The van der Waals surface area contributed by atoms with E-state index in [1.54, 1.807) is 5.01 Å². The second-order valence-electron chi connectivity index (χ2n) is 4.41. The molecule has 0 aliphatic carbocycles. The second-order valence-corrected chi connectivity index (χ2v) is 4.41. The number of benzene rings is 1. The molecule has 0 spiro atoms. The summed E-state index contributed by atoms with van der Waals surface area (Å²) in [5, 5.41) is 10.7. The number of carboxylic acids is 1. The molecular weight excluding hydrogens is 232 g/mol. The van der Waals surface area contributed by atoms with Gasteiger partial charge in [0.2, 0.25) is 0 Å². The van der Waals surface area contributed by atoms with Gasteiger partial charge in [0.05, 0.1) is 6.61 Å². The van der Waals surface area contributed by atoms with Crippen LogP contribution in [0.5, 0.6) is 0 Å². The molecule has 1 aliphatic rings. The lowest BCUT2D eigenvalue weighted by atomic mass is 10.0. The van der Waals surface area contributed by atoms with Crippen molar-refractivity contribution in [3.05, 3.63) is 35.9 Å². The van der Waals surface area contributed by atoms with Crippen LogP contribution in [0, 0.1) is 0 Å². The Morgan fingerprint density at radius 2 is 2.17 bits per heavy atom. The topological polar surface area (TPSA) is 61.8 Å². The maximum absolute atomic E-state index is 11.1. The van der Waals surface area contributed by atoms with Crippen LogP contribution in [0.2, 0.25) is 0 Å². The Bertz CT molecular complexity index is 383. The zero-order valence-corrected chi connectivity index (χ0v) is 10.2. The van der Waals surface area contributed by atoms with Crippen molar-refractivity contribution in [3.8, 4) is 0 Å². The normalized spacial score (nSPS) is 20.8. The summed E-state index contributed by atoms with van der Waals surface area (Å²) in [4.78, 5) is 16.4. The Labute approximate surface area is 106 Å². The lowest BCUT2D eigenvalue weighted by Gasteiger charge is -2.32. The first-order valence-electron chi connectivity index (χ1n) is 6.18. The molecule has 0 bridgehead atoms. The summed E-state index contributed by atoms with van der Waals surface area (Å²) in [6.45, 7) is 1.12. The smallest absolute Gasteiger partial charge is 0.322 e. The first-order chi connectivity index (χ1) is 8.77. The minimum atomic E-state index is -0.800. The second kappa shape index (κ2) is 6.49. The van der Waals surface area contributed by atoms with E-state index in [0.29, 0.717) is 19.6 Å². The van der Waals surface area contributed by atoms with Gasteiger partial charge < -0.3 is 5.11 Å². The van der Waals surface area contributed by atoms with Crippen LogP contribution in [0.25, 0.3) is 0 Å². The van der Waals surface area contributed by atoms with Gasteiger partial charge in [0.15, 0.2) is 0 Å². The van der Waals surface area contributed by atoms with Crippen LogP contribution in [-0.2, 0) is 16.2 Å². The van der Waals surface area contributed by atoms with Crippen LogP contribution in [0.15, 0.2) is 30.3 Å². The lowest BCUT2D eigenvalue weighted by Crippen LogP contribution is -2.51. The fraction of sp³-hybridized carbons (Fsp3) is 0.462. The Morgan fingerprint density at radius 3 is 2.89 bits per heavy atom. The first-order valence-corrected chi connectivity index (χ1v) is 6.18. The first kappa shape index (κ1) is 13.0. The number of rotatable bonds is 5. The van der Waals surface area contributed by atoms with Crippen molar-refractivity contribution in [3.63, 3.8) is 0 Å². The van der Waals surface area contributed by atoms with Gasteiger partial charge in [-0.05, 0) is 24.8 Å². The Kier molecular flexibility index (Phi) is 4.69. The summed E-state index contributed by atoms with van der Waals surface area (Å²) >= 11 is 0. The van der Waals surface area contributed by atoms with Crippen LogP contribution in [0.4, 0.5) is 0 Å². The number of nitrogens with zero attached hydrogens (tertiary/aromatic N) is 1. The molecule has 0 amide bonds. The monoisotopic (exact) mass is 250 g/mol. The Morgan fingerprint density at radius 1 is 1.39 bits per heavy atom. The van der Waals surface area contributed by atoms with Gasteiger partial charge in [0, 0.05) is 6.54 Å². The number of hydrogen-bond donors (Lipinski definition) is 2. The fourth-order valence-corrected chi connectivity index (χ4v) is 2.07. The molecule has 1 saturated heterocycles. The van der Waals surface area contributed by atoms with E-state index in [1.807, 2.05) is 30.3 Å². The van der Waals surface area contributed by atoms with Crippen LogP contribution in [0.1, 0.15) is 24.8 Å². The van der Waals surface area contributed by atoms with E-state index in [4.69, 9.17) is 9.94 Å². The largest absolute Gasteiger partial charge is 0.480 e. The highest BCUT2D eigenvalue weighted by Gasteiger charge is 2.28. The summed E-state index contributed by atoms with van der Waals surface area (Å²) < 4.78 is 0. The molecule has 0 saturated carbocycles. The molecule has 2 rings (SSSR count). The van der Waals surface area contributed by atoms with E-state index in [0.717, 1.165) is 18.4 Å². The molecule has 0 aromatic heterocycles. The minimum Gasteiger partial charge on any atom is -0.480 e. The highest BCUT2D eigenvalue weighted by Crippen LogP contribution is 2.15. The lowest BCUT2D eigenvalue weighted by molar-refractivity contribution is -0.162. The zero-order chi connectivity index (χ0) is 12.8. The number of piperidine rings is 1. The summed E-state index contributed by atoms with van der Waals surface area (Å²) in [7, 11) is 0. The van der Waals surface area contributed by atoms with Crippen molar-refractivity contribution in [2.45, 2.75) is 31.9 Å². The van der Waals surface area contributed by atoms with E-state index in [1.165, 1.54) is 0 Å². The maximum Gasteiger partial charge on any atom is 0.322 e. The van der Waals surface area contributed by atoms with E-state index in [9.17, 15) is 4.79 Å².